The van der Waals surface area contributed by atoms with Gasteiger partial charge < -0.3 is 10.2 Å². The van der Waals surface area contributed by atoms with E-state index in [1.807, 2.05) is 13.8 Å². The Balaban J connectivity index is 2.58. The number of furan rings is 1. The number of nitrogens with one attached hydrogen (secondary N) is 1. The van der Waals surface area contributed by atoms with Gasteiger partial charge in [-0.15, -0.1) is 0 Å². The number of nitrogens with zero attached hydrogens (tertiary/aromatic N) is 2. The molecule has 1 amide bonds. The van der Waals surface area contributed by atoms with Gasteiger partial charge in [-0.05, 0) is 36.6 Å². The molecule has 0 bridgehead atoms. The van der Waals surface area contributed by atoms with Gasteiger partial charge in [-0.1, -0.05) is 20.3 Å². The van der Waals surface area contributed by atoms with Gasteiger partial charge in [0.2, 0.25) is 0 Å². The van der Waals surface area contributed by atoms with Crippen molar-refractivity contribution in [3.63, 3.8) is 0 Å². The topological polar surface area (TPSA) is 114 Å². The van der Waals surface area contributed by atoms with E-state index in [9.17, 15) is 14.4 Å². The van der Waals surface area contributed by atoms with E-state index in [-0.39, 0.29) is 29.0 Å². The fourth-order valence-electron chi connectivity index (χ4n) is 2.48. The highest BCUT2D eigenvalue weighted by atomic mass is 35.5. The number of nitrogens with two attached hydrogens (primary N) is 1. The molecule has 0 unspecified atom stereocenters. The van der Waals surface area contributed by atoms with Crippen LogP contribution in [-0.2, 0) is 6.54 Å². The zero-order valence-electron chi connectivity index (χ0n) is 14.2. The Morgan fingerprint density at radius 2 is 2.04 bits per heavy atom. The molecule has 2 aromatic heterocycles. The molecule has 25 heavy (non-hydrogen) atoms. The number of unbranched alkanes of at least 4 members (excludes halogenated alkanes) is 1. The van der Waals surface area contributed by atoms with Gasteiger partial charge in [0.25, 0.3) is 11.5 Å². The number of halogens is 1. The standard InChI is InChI=1S/C16H21ClN4O4/c1-3-5-9-20(15(23)10-6-7-11(17)25-10)12-13(18)21(8-4-2)16(24)19-14(12)22/h6-7H,3-5,8-9,18H2,1-2H3,(H,19,22,24). The third-order valence-corrected chi connectivity index (χ3v) is 3.90. The van der Waals surface area contributed by atoms with Crippen molar-refractivity contribution in [1.82, 2.24) is 9.55 Å². The summed E-state index contributed by atoms with van der Waals surface area (Å²) in [5.41, 5.74) is 4.69. The number of carbonyl (C=O) groups is 1. The minimum absolute atomic E-state index is 0.00635. The Morgan fingerprint density at radius 1 is 1.32 bits per heavy atom. The van der Waals surface area contributed by atoms with E-state index in [0.717, 1.165) is 6.42 Å². The summed E-state index contributed by atoms with van der Waals surface area (Å²) in [6.07, 6.45) is 2.09. The minimum atomic E-state index is -0.711. The maximum absolute atomic E-state index is 12.8. The van der Waals surface area contributed by atoms with Crippen LogP contribution in [0, 0.1) is 0 Å². The normalized spacial score (nSPS) is 10.8. The summed E-state index contributed by atoms with van der Waals surface area (Å²) in [5, 5.41) is 0.0663. The predicted molar refractivity (Wildman–Crippen MR) is 96.3 cm³/mol. The van der Waals surface area contributed by atoms with Gasteiger partial charge in [0.1, 0.15) is 5.82 Å². The first kappa shape index (κ1) is 18.9. The van der Waals surface area contributed by atoms with Crippen LogP contribution in [0.1, 0.15) is 43.7 Å². The summed E-state index contributed by atoms with van der Waals surface area (Å²) >= 11 is 5.73. The van der Waals surface area contributed by atoms with Crippen LogP contribution in [0.3, 0.4) is 0 Å². The van der Waals surface area contributed by atoms with Crippen molar-refractivity contribution >= 4 is 29.0 Å². The van der Waals surface area contributed by atoms with Crippen LogP contribution in [0.5, 0.6) is 0 Å². The van der Waals surface area contributed by atoms with Gasteiger partial charge in [0, 0.05) is 13.1 Å². The number of nitrogen functional groups attached to an aromatic ring is 1. The fourth-order valence-corrected chi connectivity index (χ4v) is 2.62. The molecule has 0 aromatic carbocycles. The molecular formula is C16H21ClN4O4. The van der Waals surface area contributed by atoms with Crippen LogP contribution in [-0.4, -0.2) is 22.0 Å². The van der Waals surface area contributed by atoms with Gasteiger partial charge in [-0.2, -0.15) is 0 Å². The number of amides is 1. The molecule has 0 saturated carbocycles. The Morgan fingerprint density at radius 3 is 2.60 bits per heavy atom. The molecule has 0 aliphatic heterocycles. The van der Waals surface area contributed by atoms with E-state index in [4.69, 9.17) is 21.8 Å². The number of rotatable bonds is 7. The molecule has 8 nitrogen and oxygen atoms in total. The molecule has 0 spiro atoms. The molecule has 0 atom stereocenters. The van der Waals surface area contributed by atoms with E-state index in [0.29, 0.717) is 19.4 Å². The van der Waals surface area contributed by atoms with Gasteiger partial charge >= 0.3 is 5.69 Å². The number of hydrogen-bond acceptors (Lipinski definition) is 5. The smallest absolute Gasteiger partial charge is 0.330 e. The van der Waals surface area contributed by atoms with Gasteiger partial charge in [-0.3, -0.25) is 24.0 Å². The first-order chi connectivity index (χ1) is 11.9. The van der Waals surface area contributed by atoms with Crippen LogP contribution in [0.2, 0.25) is 5.22 Å². The largest absolute Gasteiger partial charge is 0.440 e. The van der Waals surface area contributed by atoms with Crippen LogP contribution in [0.4, 0.5) is 11.5 Å². The Labute approximate surface area is 149 Å². The minimum Gasteiger partial charge on any atom is -0.440 e. The Kier molecular flexibility index (Phi) is 6.08. The molecule has 9 heteroatoms. The third-order valence-electron chi connectivity index (χ3n) is 3.70. The number of carbonyl (C=O) groups excluding carboxylic acids is 1. The summed E-state index contributed by atoms with van der Waals surface area (Å²) in [4.78, 5) is 40.6. The number of aromatic nitrogens is 2. The van der Waals surface area contributed by atoms with E-state index in [1.165, 1.54) is 21.6 Å². The zero-order chi connectivity index (χ0) is 18.6. The fraction of sp³-hybridized carbons (Fsp3) is 0.438. The van der Waals surface area contributed by atoms with Crippen molar-refractivity contribution in [2.45, 2.75) is 39.7 Å². The average molecular weight is 369 g/mol. The Hall–Kier alpha value is -2.48. The summed E-state index contributed by atoms with van der Waals surface area (Å²) in [5.74, 6) is -0.593. The lowest BCUT2D eigenvalue weighted by molar-refractivity contribution is 0.0959. The molecule has 0 fully saturated rings. The average Bonchev–Trinajstić information content (AvgIpc) is 3.00. The lowest BCUT2D eigenvalue weighted by atomic mass is 10.2. The molecule has 0 aliphatic carbocycles. The molecule has 3 N–H and O–H groups in total. The summed E-state index contributed by atoms with van der Waals surface area (Å²) in [6.45, 7) is 4.42. The van der Waals surface area contributed by atoms with E-state index < -0.39 is 17.2 Å². The second kappa shape index (κ2) is 8.06. The summed E-state index contributed by atoms with van der Waals surface area (Å²) < 4.78 is 6.41. The maximum atomic E-state index is 12.8. The SMILES string of the molecule is CCCCN(C(=O)c1ccc(Cl)o1)c1c(N)n(CCC)c(=O)[nH]c1=O. The first-order valence-electron chi connectivity index (χ1n) is 8.10. The van der Waals surface area contributed by atoms with Gasteiger partial charge in [0.15, 0.2) is 16.7 Å². The molecule has 0 radical (unpaired) electrons. The number of H-pyrrole nitrogens is 1. The van der Waals surface area contributed by atoms with Crippen LogP contribution in [0.15, 0.2) is 26.1 Å². The van der Waals surface area contributed by atoms with Crippen molar-refractivity contribution in [2.24, 2.45) is 0 Å². The predicted octanol–water partition coefficient (Wildman–Crippen LogP) is 2.22. The van der Waals surface area contributed by atoms with Gasteiger partial charge in [0.05, 0.1) is 0 Å². The molecule has 2 rings (SSSR count). The number of aromatic amines is 1. The van der Waals surface area contributed by atoms with Crippen LogP contribution in [0.25, 0.3) is 0 Å². The Bertz CT molecular complexity index is 868. The van der Waals surface area contributed by atoms with E-state index in [2.05, 4.69) is 4.98 Å². The lowest BCUT2D eigenvalue weighted by Gasteiger charge is -2.23. The second-order valence-corrected chi connectivity index (χ2v) is 5.93. The third kappa shape index (κ3) is 3.96. The van der Waals surface area contributed by atoms with Crippen LogP contribution >= 0.6 is 11.6 Å². The van der Waals surface area contributed by atoms with Gasteiger partial charge in [-0.25, -0.2) is 4.79 Å². The lowest BCUT2D eigenvalue weighted by Crippen LogP contribution is -2.41. The summed E-state index contributed by atoms with van der Waals surface area (Å²) in [7, 11) is 0. The molecule has 2 aromatic rings. The van der Waals surface area contributed by atoms with Crippen molar-refractivity contribution in [3.05, 3.63) is 44.0 Å². The molecule has 0 aliphatic rings. The zero-order valence-corrected chi connectivity index (χ0v) is 14.9. The first-order valence-corrected chi connectivity index (χ1v) is 8.48. The maximum Gasteiger partial charge on any atom is 0.330 e. The quantitative estimate of drug-likeness (QED) is 0.777. The number of anilines is 2. The second-order valence-electron chi connectivity index (χ2n) is 5.56. The van der Waals surface area contributed by atoms with Crippen molar-refractivity contribution in [3.8, 4) is 0 Å². The molecule has 0 saturated heterocycles. The summed E-state index contributed by atoms with van der Waals surface area (Å²) in [6, 6.07) is 2.87. The molecular weight excluding hydrogens is 348 g/mol. The van der Waals surface area contributed by atoms with Crippen molar-refractivity contribution in [2.75, 3.05) is 17.2 Å². The molecule has 2 heterocycles. The van der Waals surface area contributed by atoms with Crippen molar-refractivity contribution in [1.29, 1.82) is 0 Å². The molecule has 136 valence electrons. The highest BCUT2D eigenvalue weighted by molar-refractivity contribution is 6.29. The highest BCUT2D eigenvalue weighted by Crippen LogP contribution is 2.22. The number of hydrogen-bond donors (Lipinski definition) is 2. The monoisotopic (exact) mass is 368 g/mol. The van der Waals surface area contributed by atoms with Crippen LogP contribution < -0.4 is 21.9 Å². The van der Waals surface area contributed by atoms with Crippen molar-refractivity contribution < 1.29 is 9.21 Å². The van der Waals surface area contributed by atoms with E-state index in [1.54, 1.807) is 0 Å². The highest BCUT2D eigenvalue weighted by Gasteiger charge is 2.26. The van der Waals surface area contributed by atoms with E-state index >= 15 is 0 Å².